The van der Waals surface area contributed by atoms with Gasteiger partial charge in [-0.1, -0.05) is 0 Å². The molecule has 0 amide bonds. The first kappa shape index (κ1) is 14.1. The van der Waals surface area contributed by atoms with Crippen LogP contribution in [0.3, 0.4) is 0 Å². The molecule has 1 aromatic rings. The zero-order valence-electron chi connectivity index (χ0n) is 10.4. The first-order chi connectivity index (χ1) is 9.49. The predicted octanol–water partition coefficient (Wildman–Crippen LogP) is 1.56. The fourth-order valence-corrected chi connectivity index (χ4v) is 1.95. The minimum Gasteiger partial charge on any atom is -0.504 e. The fraction of sp³-hybridized carbons (Fsp3) is 0.417. The van der Waals surface area contributed by atoms with Crippen LogP contribution < -0.4 is 4.74 Å². The van der Waals surface area contributed by atoms with Crippen LogP contribution in [0.2, 0.25) is 0 Å². The van der Waals surface area contributed by atoms with E-state index in [2.05, 4.69) is 0 Å². The number of carbonyl (C=O) groups is 1. The first-order valence-corrected chi connectivity index (χ1v) is 5.98. The van der Waals surface area contributed by atoms with Gasteiger partial charge >= 0.3 is 5.97 Å². The number of nitrogens with zero attached hydrogens (tertiary/aromatic N) is 1. The Balaban J connectivity index is 2.22. The minimum absolute atomic E-state index is 0.108. The van der Waals surface area contributed by atoms with Crippen LogP contribution in [-0.4, -0.2) is 40.4 Å². The smallest absolute Gasteiger partial charge is 0.342 e. The van der Waals surface area contributed by atoms with Gasteiger partial charge in [-0.25, -0.2) is 4.79 Å². The summed E-state index contributed by atoms with van der Waals surface area (Å²) in [6.07, 6.45) is 1.62. The molecule has 1 atom stereocenters. The third-order valence-electron chi connectivity index (χ3n) is 2.95. The van der Waals surface area contributed by atoms with Gasteiger partial charge in [0.1, 0.15) is 12.2 Å². The van der Waals surface area contributed by atoms with Gasteiger partial charge in [-0.05, 0) is 12.8 Å². The number of phenols is 1. The molecule has 2 N–H and O–H groups in total. The Hall–Kier alpha value is -2.35. The molecule has 0 spiro atoms. The van der Waals surface area contributed by atoms with Crippen molar-refractivity contribution in [3.05, 3.63) is 27.8 Å². The average molecular weight is 283 g/mol. The molecule has 1 unspecified atom stereocenters. The molecule has 1 aliphatic heterocycles. The van der Waals surface area contributed by atoms with Crippen LogP contribution in [0.4, 0.5) is 5.69 Å². The molecule has 0 radical (unpaired) electrons. The number of nitro benzene ring substituents is 1. The van der Waals surface area contributed by atoms with Gasteiger partial charge in [0.25, 0.3) is 5.69 Å². The summed E-state index contributed by atoms with van der Waals surface area (Å²) in [6, 6.07) is 1.72. The fourth-order valence-electron chi connectivity index (χ4n) is 1.95. The molecular formula is C12H13NO7. The lowest BCUT2D eigenvalue weighted by molar-refractivity contribution is -0.385. The van der Waals surface area contributed by atoms with Crippen molar-refractivity contribution in [1.82, 2.24) is 0 Å². The van der Waals surface area contributed by atoms with E-state index in [0.29, 0.717) is 6.61 Å². The highest BCUT2D eigenvalue weighted by Crippen LogP contribution is 2.34. The number of rotatable bonds is 5. The minimum atomic E-state index is -1.46. The molecule has 20 heavy (non-hydrogen) atoms. The molecule has 8 nitrogen and oxygen atoms in total. The summed E-state index contributed by atoms with van der Waals surface area (Å²) in [7, 11) is 0. The standard InChI is InChI=1S/C12H13NO7/c14-10-5-9(13(17)18)8(12(15)16)4-11(10)20-6-7-2-1-3-19-7/h4-5,7,14H,1-3,6H2,(H,15,16). The lowest BCUT2D eigenvalue weighted by atomic mass is 10.1. The number of aromatic carboxylic acids is 1. The van der Waals surface area contributed by atoms with Crippen LogP contribution in [0, 0.1) is 10.1 Å². The van der Waals surface area contributed by atoms with Crippen LogP contribution in [0.1, 0.15) is 23.2 Å². The lowest BCUT2D eigenvalue weighted by Gasteiger charge is -2.13. The van der Waals surface area contributed by atoms with Crippen molar-refractivity contribution < 1.29 is 29.4 Å². The van der Waals surface area contributed by atoms with Crippen molar-refractivity contribution in [2.75, 3.05) is 13.2 Å². The second-order valence-electron chi connectivity index (χ2n) is 4.35. The quantitative estimate of drug-likeness (QED) is 0.621. The molecule has 108 valence electrons. The van der Waals surface area contributed by atoms with E-state index in [1.807, 2.05) is 0 Å². The molecule has 0 saturated carbocycles. The second kappa shape index (κ2) is 5.74. The largest absolute Gasteiger partial charge is 0.504 e. The van der Waals surface area contributed by atoms with Gasteiger partial charge in [0.05, 0.1) is 17.1 Å². The molecule has 0 aliphatic carbocycles. The van der Waals surface area contributed by atoms with E-state index in [1.165, 1.54) is 0 Å². The topological polar surface area (TPSA) is 119 Å². The number of ether oxygens (including phenoxy) is 2. The molecule has 1 saturated heterocycles. The Labute approximate surface area is 113 Å². The Kier molecular flexibility index (Phi) is 4.04. The van der Waals surface area contributed by atoms with Crippen molar-refractivity contribution in [3.8, 4) is 11.5 Å². The maximum atomic E-state index is 11.0. The molecule has 1 fully saturated rings. The summed E-state index contributed by atoms with van der Waals surface area (Å²) in [6.45, 7) is 0.797. The molecule has 1 aromatic carbocycles. The molecular weight excluding hydrogens is 270 g/mol. The third-order valence-corrected chi connectivity index (χ3v) is 2.95. The van der Waals surface area contributed by atoms with Crippen molar-refractivity contribution >= 4 is 11.7 Å². The van der Waals surface area contributed by atoms with E-state index in [0.717, 1.165) is 25.0 Å². The van der Waals surface area contributed by atoms with Crippen LogP contribution in [0.25, 0.3) is 0 Å². The Morgan fingerprint density at radius 1 is 1.55 bits per heavy atom. The second-order valence-corrected chi connectivity index (χ2v) is 4.35. The van der Waals surface area contributed by atoms with Gasteiger partial charge in [0.2, 0.25) is 0 Å². The van der Waals surface area contributed by atoms with Crippen LogP contribution in [0.5, 0.6) is 11.5 Å². The zero-order chi connectivity index (χ0) is 14.7. The molecule has 1 aliphatic rings. The van der Waals surface area contributed by atoms with E-state index in [4.69, 9.17) is 14.6 Å². The molecule has 0 aromatic heterocycles. The van der Waals surface area contributed by atoms with E-state index in [9.17, 15) is 20.0 Å². The maximum absolute atomic E-state index is 11.0. The van der Waals surface area contributed by atoms with Crippen molar-refractivity contribution in [2.45, 2.75) is 18.9 Å². The number of phenolic OH excluding ortho intramolecular Hbond substituents is 1. The SMILES string of the molecule is O=C(O)c1cc(OCC2CCCO2)c(O)cc1[N+](=O)[O-]. The number of carboxylic acids is 1. The van der Waals surface area contributed by atoms with Crippen LogP contribution >= 0.6 is 0 Å². The van der Waals surface area contributed by atoms with Gasteiger partial charge in [0.15, 0.2) is 11.5 Å². The van der Waals surface area contributed by atoms with E-state index >= 15 is 0 Å². The number of aromatic hydroxyl groups is 1. The molecule has 2 rings (SSSR count). The highest BCUT2D eigenvalue weighted by Gasteiger charge is 2.24. The average Bonchev–Trinajstić information content (AvgIpc) is 2.89. The maximum Gasteiger partial charge on any atom is 0.342 e. The van der Waals surface area contributed by atoms with Gasteiger partial charge in [0, 0.05) is 12.7 Å². The number of benzene rings is 1. The van der Waals surface area contributed by atoms with E-state index in [1.54, 1.807) is 0 Å². The normalized spacial score (nSPS) is 17.9. The first-order valence-electron chi connectivity index (χ1n) is 5.98. The number of carboxylic acid groups (broad SMARTS) is 1. The Morgan fingerprint density at radius 2 is 2.30 bits per heavy atom. The lowest BCUT2D eigenvalue weighted by Crippen LogP contribution is -2.16. The third kappa shape index (κ3) is 2.97. The zero-order valence-corrected chi connectivity index (χ0v) is 10.4. The van der Waals surface area contributed by atoms with Crippen molar-refractivity contribution in [2.24, 2.45) is 0 Å². The molecule has 0 bridgehead atoms. The summed E-state index contributed by atoms with van der Waals surface area (Å²) in [5, 5.41) is 29.3. The monoisotopic (exact) mass is 283 g/mol. The summed E-state index contributed by atoms with van der Waals surface area (Å²) in [4.78, 5) is 20.8. The summed E-state index contributed by atoms with van der Waals surface area (Å²) in [5.74, 6) is -2.04. The predicted molar refractivity (Wildman–Crippen MR) is 66.2 cm³/mol. The summed E-state index contributed by atoms with van der Waals surface area (Å²) in [5.41, 5.74) is -1.21. The highest BCUT2D eigenvalue weighted by molar-refractivity contribution is 5.93. The Bertz CT molecular complexity index is 537. The van der Waals surface area contributed by atoms with Crippen molar-refractivity contribution in [3.63, 3.8) is 0 Å². The molecule has 8 heteroatoms. The van der Waals surface area contributed by atoms with Gasteiger partial charge in [-0.2, -0.15) is 0 Å². The Morgan fingerprint density at radius 3 is 2.85 bits per heavy atom. The van der Waals surface area contributed by atoms with Crippen LogP contribution in [0.15, 0.2) is 12.1 Å². The van der Waals surface area contributed by atoms with Gasteiger partial charge in [-0.15, -0.1) is 0 Å². The number of nitro groups is 1. The summed E-state index contributed by atoms with van der Waals surface area (Å²) >= 11 is 0. The molecule has 1 heterocycles. The van der Waals surface area contributed by atoms with Gasteiger partial charge < -0.3 is 19.7 Å². The summed E-state index contributed by atoms with van der Waals surface area (Å²) < 4.78 is 10.6. The number of hydrogen-bond donors (Lipinski definition) is 2. The van der Waals surface area contributed by atoms with Crippen LogP contribution in [-0.2, 0) is 4.74 Å². The van der Waals surface area contributed by atoms with Crippen molar-refractivity contribution in [1.29, 1.82) is 0 Å². The van der Waals surface area contributed by atoms with E-state index < -0.39 is 27.9 Å². The van der Waals surface area contributed by atoms with E-state index in [-0.39, 0.29) is 18.5 Å². The highest BCUT2D eigenvalue weighted by atomic mass is 16.6. The number of hydrogen-bond acceptors (Lipinski definition) is 6. The van der Waals surface area contributed by atoms with Gasteiger partial charge in [-0.3, -0.25) is 10.1 Å².